The molecule has 86 valence electrons. The maximum atomic E-state index is 5.80. The highest BCUT2D eigenvalue weighted by Gasteiger charge is 2.11. The summed E-state index contributed by atoms with van der Waals surface area (Å²) in [6.45, 7) is 5.18. The summed E-state index contributed by atoms with van der Waals surface area (Å²) >= 11 is 5.80. The van der Waals surface area contributed by atoms with E-state index >= 15 is 0 Å². The number of nitrogens with zero attached hydrogens (tertiary/aromatic N) is 3. The van der Waals surface area contributed by atoms with Crippen LogP contribution in [-0.2, 0) is 13.0 Å². The smallest absolute Gasteiger partial charge is 0.160 e. The monoisotopic (exact) mass is 237 g/mol. The van der Waals surface area contributed by atoms with Gasteiger partial charge in [0, 0.05) is 25.0 Å². The first-order chi connectivity index (χ1) is 7.77. The molecule has 0 radical (unpaired) electrons. The van der Waals surface area contributed by atoms with Crippen molar-refractivity contribution in [3.63, 3.8) is 0 Å². The molecule has 4 heteroatoms. The third kappa shape index (κ3) is 1.92. The highest BCUT2D eigenvalue weighted by molar-refractivity contribution is 6.17. The van der Waals surface area contributed by atoms with Crippen molar-refractivity contribution < 1.29 is 0 Å². The summed E-state index contributed by atoms with van der Waals surface area (Å²) < 4.78 is 2.19. The summed E-state index contributed by atoms with van der Waals surface area (Å²) in [6, 6.07) is 2.00. The van der Waals surface area contributed by atoms with Crippen LogP contribution < -0.4 is 0 Å². The first-order valence-corrected chi connectivity index (χ1v) is 6.18. The zero-order valence-electron chi connectivity index (χ0n) is 9.70. The van der Waals surface area contributed by atoms with Crippen LogP contribution in [0.4, 0.5) is 0 Å². The average molecular weight is 238 g/mol. The third-order valence-corrected chi connectivity index (χ3v) is 2.87. The maximum absolute atomic E-state index is 5.80. The number of imidazole rings is 1. The van der Waals surface area contributed by atoms with E-state index in [-0.39, 0.29) is 0 Å². The second kappa shape index (κ2) is 4.83. The van der Waals surface area contributed by atoms with Gasteiger partial charge in [0.05, 0.1) is 0 Å². The van der Waals surface area contributed by atoms with Crippen LogP contribution in [0.3, 0.4) is 0 Å². The fourth-order valence-electron chi connectivity index (χ4n) is 1.92. The van der Waals surface area contributed by atoms with Crippen LogP contribution >= 0.6 is 11.6 Å². The number of pyridine rings is 1. The largest absolute Gasteiger partial charge is 0.313 e. The second-order valence-electron chi connectivity index (χ2n) is 3.92. The summed E-state index contributed by atoms with van der Waals surface area (Å²) in [5.74, 6) is 1.65. The van der Waals surface area contributed by atoms with Crippen LogP contribution in [-0.4, -0.2) is 20.4 Å². The molecule has 0 aliphatic carbocycles. The van der Waals surface area contributed by atoms with E-state index in [4.69, 9.17) is 11.6 Å². The normalized spacial score (nSPS) is 11.2. The Balaban J connectivity index is 2.60. The summed E-state index contributed by atoms with van der Waals surface area (Å²) in [5, 5.41) is 0. The zero-order valence-corrected chi connectivity index (χ0v) is 10.5. The molecule has 0 bridgehead atoms. The van der Waals surface area contributed by atoms with Gasteiger partial charge in [-0.05, 0) is 25.0 Å². The Bertz CT molecular complexity index is 490. The lowest BCUT2D eigenvalue weighted by atomic mass is 10.3. The van der Waals surface area contributed by atoms with Gasteiger partial charge in [-0.15, -0.1) is 11.6 Å². The minimum Gasteiger partial charge on any atom is -0.313 e. The van der Waals surface area contributed by atoms with Gasteiger partial charge >= 0.3 is 0 Å². The van der Waals surface area contributed by atoms with Crippen LogP contribution in [0.2, 0.25) is 0 Å². The van der Waals surface area contributed by atoms with Crippen LogP contribution in [0.5, 0.6) is 0 Å². The average Bonchev–Trinajstić information content (AvgIpc) is 2.61. The fourth-order valence-corrected chi connectivity index (χ4v) is 2.09. The molecule has 0 aliphatic heterocycles. The second-order valence-corrected chi connectivity index (χ2v) is 4.30. The Morgan fingerprint density at radius 3 is 2.94 bits per heavy atom. The van der Waals surface area contributed by atoms with Crippen LogP contribution in [0.15, 0.2) is 12.3 Å². The standard InChI is InChI=1S/C12H16ClN3/c1-3-8-16-10(4-6-13)15-11-9(2)5-7-14-12(11)16/h5,7H,3-4,6,8H2,1-2H3. The van der Waals surface area contributed by atoms with Crippen molar-refractivity contribution in [1.29, 1.82) is 0 Å². The molecule has 16 heavy (non-hydrogen) atoms. The van der Waals surface area contributed by atoms with Gasteiger partial charge in [0.2, 0.25) is 0 Å². The highest BCUT2D eigenvalue weighted by Crippen LogP contribution is 2.18. The highest BCUT2D eigenvalue weighted by atomic mass is 35.5. The van der Waals surface area contributed by atoms with E-state index in [1.807, 2.05) is 12.3 Å². The summed E-state index contributed by atoms with van der Waals surface area (Å²) in [4.78, 5) is 9.06. The molecule has 3 nitrogen and oxygen atoms in total. The Hall–Kier alpha value is -1.09. The zero-order chi connectivity index (χ0) is 11.5. The number of hydrogen-bond donors (Lipinski definition) is 0. The number of alkyl halides is 1. The van der Waals surface area contributed by atoms with E-state index in [9.17, 15) is 0 Å². The lowest BCUT2D eigenvalue weighted by Gasteiger charge is -2.05. The molecule has 0 aromatic carbocycles. The minimum atomic E-state index is 0.603. The van der Waals surface area contributed by atoms with Crippen LogP contribution in [0, 0.1) is 6.92 Å². The number of rotatable bonds is 4. The quantitative estimate of drug-likeness (QED) is 0.766. The number of halogens is 1. The minimum absolute atomic E-state index is 0.603. The topological polar surface area (TPSA) is 30.7 Å². The molecule has 0 amide bonds. The number of hydrogen-bond acceptors (Lipinski definition) is 2. The fraction of sp³-hybridized carbons (Fsp3) is 0.500. The van der Waals surface area contributed by atoms with E-state index in [0.717, 1.165) is 36.4 Å². The molecule has 2 aromatic rings. The Kier molecular flexibility index (Phi) is 3.44. The van der Waals surface area contributed by atoms with Crippen molar-refractivity contribution in [1.82, 2.24) is 14.5 Å². The lowest BCUT2D eigenvalue weighted by Crippen LogP contribution is -2.04. The third-order valence-electron chi connectivity index (χ3n) is 2.68. The number of aryl methyl sites for hydroxylation is 3. The molecule has 0 N–H and O–H groups in total. The van der Waals surface area contributed by atoms with Crippen molar-refractivity contribution in [3.05, 3.63) is 23.7 Å². The SMILES string of the molecule is CCCn1c(CCCl)nc2c(C)ccnc21. The Labute approximate surface area is 100 Å². The van der Waals surface area contributed by atoms with Crippen molar-refractivity contribution in [2.75, 3.05) is 5.88 Å². The van der Waals surface area contributed by atoms with E-state index < -0.39 is 0 Å². The molecule has 0 spiro atoms. The predicted molar refractivity (Wildman–Crippen MR) is 67.0 cm³/mol. The van der Waals surface area contributed by atoms with Gasteiger partial charge < -0.3 is 4.57 Å². The Morgan fingerprint density at radius 2 is 2.25 bits per heavy atom. The van der Waals surface area contributed by atoms with Crippen molar-refractivity contribution >= 4 is 22.8 Å². The van der Waals surface area contributed by atoms with E-state index in [2.05, 4.69) is 28.4 Å². The van der Waals surface area contributed by atoms with Gasteiger partial charge in [-0.3, -0.25) is 0 Å². The van der Waals surface area contributed by atoms with Crippen molar-refractivity contribution in [3.8, 4) is 0 Å². The predicted octanol–water partition coefficient (Wildman–Crippen LogP) is 2.93. The molecule has 2 aromatic heterocycles. The molecule has 0 fully saturated rings. The molecule has 2 heterocycles. The Morgan fingerprint density at radius 1 is 1.44 bits per heavy atom. The number of fused-ring (bicyclic) bond motifs is 1. The molecule has 0 saturated heterocycles. The summed E-state index contributed by atoms with van der Waals surface area (Å²) in [6.07, 6.45) is 3.73. The lowest BCUT2D eigenvalue weighted by molar-refractivity contribution is 0.655. The molecular weight excluding hydrogens is 222 g/mol. The van der Waals surface area contributed by atoms with E-state index in [0.29, 0.717) is 5.88 Å². The molecular formula is C12H16ClN3. The molecule has 2 rings (SSSR count). The van der Waals surface area contributed by atoms with Crippen LogP contribution in [0.1, 0.15) is 24.7 Å². The van der Waals surface area contributed by atoms with Gasteiger partial charge in [0.15, 0.2) is 5.65 Å². The van der Waals surface area contributed by atoms with Gasteiger partial charge in [0.25, 0.3) is 0 Å². The van der Waals surface area contributed by atoms with E-state index in [1.165, 1.54) is 5.56 Å². The van der Waals surface area contributed by atoms with Crippen molar-refractivity contribution in [2.24, 2.45) is 0 Å². The van der Waals surface area contributed by atoms with Gasteiger partial charge in [-0.25, -0.2) is 9.97 Å². The molecule has 0 unspecified atom stereocenters. The first-order valence-electron chi connectivity index (χ1n) is 5.64. The van der Waals surface area contributed by atoms with Gasteiger partial charge in [0.1, 0.15) is 11.3 Å². The van der Waals surface area contributed by atoms with Gasteiger partial charge in [-0.1, -0.05) is 6.92 Å². The van der Waals surface area contributed by atoms with Crippen LogP contribution in [0.25, 0.3) is 11.2 Å². The van der Waals surface area contributed by atoms with E-state index in [1.54, 1.807) is 0 Å². The van der Waals surface area contributed by atoms with Gasteiger partial charge in [-0.2, -0.15) is 0 Å². The summed E-state index contributed by atoms with van der Waals surface area (Å²) in [5.41, 5.74) is 3.17. The molecule has 0 atom stereocenters. The summed E-state index contributed by atoms with van der Waals surface area (Å²) in [7, 11) is 0. The molecule has 0 aliphatic rings. The molecule has 0 saturated carbocycles. The first kappa shape index (κ1) is 11.4. The maximum Gasteiger partial charge on any atom is 0.160 e. The van der Waals surface area contributed by atoms with Crippen molar-refractivity contribution in [2.45, 2.75) is 33.2 Å². The number of aromatic nitrogens is 3.